The molecule has 0 saturated heterocycles. The highest BCUT2D eigenvalue weighted by molar-refractivity contribution is 5.95. The number of aromatic nitrogens is 1. The van der Waals surface area contributed by atoms with Crippen LogP contribution >= 0.6 is 0 Å². The zero-order valence-corrected chi connectivity index (χ0v) is 13.5. The van der Waals surface area contributed by atoms with Gasteiger partial charge in [0.15, 0.2) is 0 Å². The minimum Gasteiger partial charge on any atom is -0.389 e. The summed E-state index contributed by atoms with van der Waals surface area (Å²) >= 11 is 0. The van der Waals surface area contributed by atoms with Gasteiger partial charge in [0, 0.05) is 19.2 Å². The molecule has 0 fully saturated rings. The van der Waals surface area contributed by atoms with Crippen molar-refractivity contribution in [1.29, 1.82) is 0 Å². The highest BCUT2D eigenvalue weighted by Crippen LogP contribution is 2.19. The van der Waals surface area contributed by atoms with Gasteiger partial charge in [-0.05, 0) is 32.9 Å². The molecule has 0 saturated carbocycles. The molecule has 0 spiro atoms. The number of aliphatic hydroxyl groups is 1. The van der Waals surface area contributed by atoms with E-state index in [2.05, 4.69) is 4.98 Å². The predicted octanol–water partition coefficient (Wildman–Crippen LogP) is 2.90. The number of benzene rings is 1. The molecule has 0 unspecified atom stereocenters. The second-order valence-electron chi connectivity index (χ2n) is 6.17. The first-order valence-corrected chi connectivity index (χ1v) is 7.29. The highest BCUT2D eigenvalue weighted by atomic mass is 16.3. The van der Waals surface area contributed by atoms with E-state index < -0.39 is 5.60 Å². The van der Waals surface area contributed by atoms with Crippen LogP contribution in [0.15, 0.2) is 42.5 Å². The number of rotatable bonds is 4. The van der Waals surface area contributed by atoms with Gasteiger partial charge in [0.2, 0.25) is 0 Å². The molecule has 1 heterocycles. The van der Waals surface area contributed by atoms with E-state index >= 15 is 0 Å². The summed E-state index contributed by atoms with van der Waals surface area (Å²) in [5, 5.41) is 9.84. The standard InChI is InChI=1S/C18H22N2O2/c1-13-15(17(21)20(4)12-18(2,3)22)10-11-16(19-13)14-8-6-5-7-9-14/h5-11,22H,12H2,1-4H3. The third-order valence-electron chi connectivity index (χ3n) is 3.36. The van der Waals surface area contributed by atoms with Crippen molar-refractivity contribution in [2.75, 3.05) is 13.6 Å². The van der Waals surface area contributed by atoms with Gasteiger partial charge in [0.05, 0.1) is 22.6 Å². The fourth-order valence-electron chi connectivity index (χ4n) is 2.41. The van der Waals surface area contributed by atoms with Crippen LogP contribution in [-0.4, -0.2) is 40.1 Å². The van der Waals surface area contributed by atoms with Crippen LogP contribution in [0.1, 0.15) is 29.9 Å². The van der Waals surface area contributed by atoms with Crippen LogP contribution < -0.4 is 0 Å². The average Bonchev–Trinajstić information content (AvgIpc) is 2.45. The molecule has 22 heavy (non-hydrogen) atoms. The number of amides is 1. The second-order valence-corrected chi connectivity index (χ2v) is 6.17. The fraction of sp³-hybridized carbons (Fsp3) is 0.333. The molecule has 0 aliphatic carbocycles. The summed E-state index contributed by atoms with van der Waals surface area (Å²) in [7, 11) is 1.69. The van der Waals surface area contributed by atoms with Gasteiger partial charge >= 0.3 is 0 Å². The van der Waals surface area contributed by atoms with Gasteiger partial charge < -0.3 is 10.0 Å². The Labute approximate surface area is 131 Å². The van der Waals surface area contributed by atoms with E-state index in [-0.39, 0.29) is 12.5 Å². The first kappa shape index (κ1) is 16.2. The number of aryl methyl sites for hydroxylation is 1. The molecule has 0 bridgehead atoms. The van der Waals surface area contributed by atoms with Crippen molar-refractivity contribution >= 4 is 5.91 Å². The molecule has 0 atom stereocenters. The minimum atomic E-state index is -0.921. The quantitative estimate of drug-likeness (QED) is 0.944. The van der Waals surface area contributed by atoms with Gasteiger partial charge in [-0.25, -0.2) is 0 Å². The summed E-state index contributed by atoms with van der Waals surface area (Å²) in [6.45, 7) is 5.46. The monoisotopic (exact) mass is 298 g/mol. The van der Waals surface area contributed by atoms with E-state index in [1.807, 2.05) is 43.3 Å². The minimum absolute atomic E-state index is 0.133. The van der Waals surface area contributed by atoms with Crippen LogP contribution in [0.3, 0.4) is 0 Å². The predicted molar refractivity (Wildman–Crippen MR) is 87.7 cm³/mol. The fourth-order valence-corrected chi connectivity index (χ4v) is 2.41. The third kappa shape index (κ3) is 3.92. The summed E-state index contributed by atoms with van der Waals surface area (Å²) in [5.74, 6) is -0.133. The van der Waals surface area contributed by atoms with Crippen molar-refractivity contribution in [2.45, 2.75) is 26.4 Å². The molecule has 2 aromatic rings. The van der Waals surface area contributed by atoms with Gasteiger partial charge in [-0.2, -0.15) is 0 Å². The number of nitrogens with zero attached hydrogens (tertiary/aromatic N) is 2. The van der Waals surface area contributed by atoms with E-state index in [0.29, 0.717) is 11.3 Å². The number of carbonyl (C=O) groups excluding carboxylic acids is 1. The summed E-state index contributed by atoms with van der Waals surface area (Å²) in [6, 6.07) is 13.5. The molecule has 2 rings (SSSR count). The molecule has 1 N–H and O–H groups in total. The number of hydrogen-bond donors (Lipinski definition) is 1. The molecular formula is C18H22N2O2. The SMILES string of the molecule is Cc1nc(-c2ccccc2)ccc1C(=O)N(C)CC(C)(C)O. The molecule has 0 radical (unpaired) electrons. The summed E-state index contributed by atoms with van der Waals surface area (Å²) < 4.78 is 0. The zero-order chi connectivity index (χ0) is 16.3. The Morgan fingerprint density at radius 3 is 2.36 bits per heavy atom. The number of hydrogen-bond acceptors (Lipinski definition) is 3. The molecule has 1 amide bonds. The lowest BCUT2D eigenvalue weighted by atomic mass is 10.1. The molecule has 1 aromatic carbocycles. The van der Waals surface area contributed by atoms with Gasteiger partial charge in [0.1, 0.15) is 0 Å². The molecular weight excluding hydrogens is 276 g/mol. The number of likely N-dealkylation sites (N-methyl/N-ethyl adjacent to an activating group) is 1. The van der Waals surface area contributed by atoms with Crippen LogP contribution in [-0.2, 0) is 0 Å². The van der Waals surface area contributed by atoms with E-state index in [0.717, 1.165) is 11.3 Å². The lowest BCUT2D eigenvalue weighted by Gasteiger charge is -2.26. The first-order valence-electron chi connectivity index (χ1n) is 7.29. The highest BCUT2D eigenvalue weighted by Gasteiger charge is 2.21. The Morgan fingerprint density at radius 2 is 1.82 bits per heavy atom. The topological polar surface area (TPSA) is 53.4 Å². The summed E-state index contributed by atoms with van der Waals surface area (Å²) in [4.78, 5) is 18.5. The third-order valence-corrected chi connectivity index (χ3v) is 3.36. The molecule has 0 aliphatic rings. The zero-order valence-electron chi connectivity index (χ0n) is 13.5. The van der Waals surface area contributed by atoms with Crippen LogP contribution in [0.2, 0.25) is 0 Å². The first-order chi connectivity index (χ1) is 10.3. The van der Waals surface area contributed by atoms with Crippen molar-refractivity contribution in [1.82, 2.24) is 9.88 Å². The van der Waals surface area contributed by atoms with Crippen molar-refractivity contribution in [3.05, 3.63) is 53.7 Å². The van der Waals surface area contributed by atoms with Crippen LogP contribution in [0, 0.1) is 6.92 Å². The average molecular weight is 298 g/mol. The Balaban J connectivity index is 2.25. The largest absolute Gasteiger partial charge is 0.389 e. The van der Waals surface area contributed by atoms with Crippen LogP contribution in [0.5, 0.6) is 0 Å². The van der Waals surface area contributed by atoms with Crippen LogP contribution in [0.4, 0.5) is 0 Å². The van der Waals surface area contributed by atoms with Crippen molar-refractivity contribution in [3.63, 3.8) is 0 Å². The summed E-state index contributed by atoms with van der Waals surface area (Å²) in [5.41, 5.74) is 2.20. The normalized spacial score (nSPS) is 11.3. The van der Waals surface area contributed by atoms with Gasteiger partial charge in [0.25, 0.3) is 5.91 Å². The van der Waals surface area contributed by atoms with Gasteiger partial charge in [-0.1, -0.05) is 30.3 Å². The van der Waals surface area contributed by atoms with E-state index in [9.17, 15) is 9.90 Å². The lowest BCUT2D eigenvalue weighted by molar-refractivity contribution is 0.0367. The molecule has 1 aromatic heterocycles. The van der Waals surface area contributed by atoms with Gasteiger partial charge in [-0.15, -0.1) is 0 Å². The van der Waals surface area contributed by atoms with Crippen LogP contribution in [0.25, 0.3) is 11.3 Å². The Morgan fingerprint density at radius 1 is 1.18 bits per heavy atom. The van der Waals surface area contributed by atoms with Crippen molar-refractivity contribution in [3.8, 4) is 11.3 Å². The van der Waals surface area contributed by atoms with Crippen molar-refractivity contribution < 1.29 is 9.90 Å². The van der Waals surface area contributed by atoms with E-state index in [4.69, 9.17) is 0 Å². The molecule has 4 heteroatoms. The Hall–Kier alpha value is -2.20. The number of carbonyl (C=O) groups is 1. The van der Waals surface area contributed by atoms with E-state index in [1.54, 1.807) is 27.0 Å². The maximum absolute atomic E-state index is 12.5. The Bertz CT molecular complexity index is 661. The molecule has 0 aliphatic heterocycles. The number of pyridine rings is 1. The smallest absolute Gasteiger partial charge is 0.255 e. The van der Waals surface area contributed by atoms with Crippen molar-refractivity contribution in [2.24, 2.45) is 0 Å². The molecule has 116 valence electrons. The van der Waals surface area contributed by atoms with E-state index in [1.165, 1.54) is 4.90 Å². The van der Waals surface area contributed by atoms with Gasteiger partial charge in [-0.3, -0.25) is 9.78 Å². The maximum Gasteiger partial charge on any atom is 0.255 e. The lowest BCUT2D eigenvalue weighted by Crippen LogP contribution is -2.40. The Kier molecular flexibility index (Phi) is 4.62. The molecule has 4 nitrogen and oxygen atoms in total. The second kappa shape index (κ2) is 6.28. The summed E-state index contributed by atoms with van der Waals surface area (Å²) in [6.07, 6.45) is 0. The maximum atomic E-state index is 12.5.